The predicted octanol–water partition coefficient (Wildman–Crippen LogP) is 1.93. The molecular formula is C13H26N2O. The molecule has 1 fully saturated rings. The normalized spacial score (nSPS) is 25.8. The van der Waals surface area contributed by atoms with Crippen LogP contribution in [0.1, 0.15) is 47.0 Å². The molecule has 2 unspecified atom stereocenters. The van der Waals surface area contributed by atoms with Gasteiger partial charge in [-0.15, -0.1) is 0 Å². The molecule has 0 heterocycles. The van der Waals surface area contributed by atoms with E-state index in [-0.39, 0.29) is 11.4 Å². The lowest BCUT2D eigenvalue weighted by Crippen LogP contribution is -2.45. The highest BCUT2D eigenvalue weighted by Crippen LogP contribution is 2.29. The average Bonchev–Trinajstić information content (AvgIpc) is 2.48. The topological polar surface area (TPSA) is 41.1 Å². The molecule has 0 radical (unpaired) electrons. The van der Waals surface area contributed by atoms with E-state index in [9.17, 15) is 4.79 Å². The lowest BCUT2D eigenvalue weighted by molar-refractivity contribution is -0.121. The molecule has 3 heteroatoms. The van der Waals surface area contributed by atoms with Crippen LogP contribution in [0.25, 0.3) is 0 Å². The highest BCUT2D eigenvalue weighted by molar-refractivity contribution is 5.78. The lowest BCUT2D eigenvalue weighted by atomic mass is 10.1. The minimum absolute atomic E-state index is 0.0959. The van der Waals surface area contributed by atoms with Gasteiger partial charge in [0.25, 0.3) is 0 Å². The third-order valence-corrected chi connectivity index (χ3v) is 3.04. The van der Waals surface area contributed by atoms with Crippen LogP contribution in [-0.4, -0.2) is 24.5 Å². The first-order chi connectivity index (χ1) is 7.37. The Morgan fingerprint density at radius 3 is 2.50 bits per heavy atom. The number of carbonyl (C=O) groups is 1. The molecule has 2 atom stereocenters. The van der Waals surface area contributed by atoms with Gasteiger partial charge in [0.15, 0.2) is 0 Å². The summed E-state index contributed by atoms with van der Waals surface area (Å²) in [5, 5.41) is 6.21. The molecule has 0 spiro atoms. The van der Waals surface area contributed by atoms with Crippen LogP contribution in [0.2, 0.25) is 0 Å². The fourth-order valence-electron chi connectivity index (χ4n) is 2.36. The largest absolute Gasteiger partial charge is 0.350 e. The summed E-state index contributed by atoms with van der Waals surface area (Å²) >= 11 is 0. The number of rotatable bonds is 4. The van der Waals surface area contributed by atoms with Crippen LogP contribution >= 0.6 is 0 Å². The van der Waals surface area contributed by atoms with Gasteiger partial charge in [-0.3, -0.25) is 4.79 Å². The highest BCUT2D eigenvalue weighted by atomic mass is 16.2. The van der Waals surface area contributed by atoms with Crippen molar-refractivity contribution in [3.05, 3.63) is 0 Å². The Bertz CT molecular complexity index is 233. The van der Waals surface area contributed by atoms with Gasteiger partial charge in [0, 0.05) is 5.54 Å². The number of hydrogen-bond donors (Lipinski definition) is 2. The smallest absolute Gasteiger partial charge is 0.234 e. The summed E-state index contributed by atoms with van der Waals surface area (Å²) in [6, 6.07) is 0. The second kappa shape index (κ2) is 5.67. The summed E-state index contributed by atoms with van der Waals surface area (Å²) in [4.78, 5) is 11.5. The monoisotopic (exact) mass is 226 g/mol. The van der Waals surface area contributed by atoms with Crippen molar-refractivity contribution in [1.29, 1.82) is 0 Å². The Morgan fingerprint density at radius 2 is 2.00 bits per heavy atom. The van der Waals surface area contributed by atoms with Crippen molar-refractivity contribution in [2.45, 2.75) is 52.5 Å². The van der Waals surface area contributed by atoms with Gasteiger partial charge in [0.2, 0.25) is 5.91 Å². The van der Waals surface area contributed by atoms with Crippen molar-refractivity contribution in [3.8, 4) is 0 Å². The molecule has 0 aliphatic heterocycles. The van der Waals surface area contributed by atoms with Crippen LogP contribution in [0.5, 0.6) is 0 Å². The van der Waals surface area contributed by atoms with Crippen molar-refractivity contribution in [2.75, 3.05) is 13.1 Å². The predicted molar refractivity (Wildman–Crippen MR) is 67.3 cm³/mol. The molecule has 0 saturated heterocycles. The molecule has 1 aliphatic carbocycles. The summed E-state index contributed by atoms with van der Waals surface area (Å²) in [6.45, 7) is 9.76. The van der Waals surface area contributed by atoms with Gasteiger partial charge >= 0.3 is 0 Å². The van der Waals surface area contributed by atoms with Gasteiger partial charge < -0.3 is 10.6 Å². The fraction of sp³-hybridized carbons (Fsp3) is 0.923. The molecular weight excluding hydrogens is 200 g/mol. The van der Waals surface area contributed by atoms with E-state index in [1.54, 1.807) is 0 Å². The number of hydrogen-bond acceptors (Lipinski definition) is 2. The summed E-state index contributed by atoms with van der Waals surface area (Å²) in [7, 11) is 0. The van der Waals surface area contributed by atoms with E-state index in [1.165, 1.54) is 19.3 Å². The minimum Gasteiger partial charge on any atom is -0.350 e. The minimum atomic E-state index is -0.124. The third-order valence-electron chi connectivity index (χ3n) is 3.04. The van der Waals surface area contributed by atoms with Gasteiger partial charge in [-0.1, -0.05) is 13.3 Å². The quantitative estimate of drug-likeness (QED) is 0.769. The van der Waals surface area contributed by atoms with E-state index in [0.29, 0.717) is 6.54 Å². The van der Waals surface area contributed by atoms with E-state index in [0.717, 1.165) is 18.4 Å². The zero-order valence-corrected chi connectivity index (χ0v) is 11.1. The maximum absolute atomic E-state index is 11.5. The maximum atomic E-state index is 11.5. The molecule has 1 aliphatic rings. The van der Waals surface area contributed by atoms with Gasteiger partial charge in [-0.05, 0) is 52.0 Å². The Morgan fingerprint density at radius 1 is 1.31 bits per heavy atom. The first-order valence-electron chi connectivity index (χ1n) is 6.38. The van der Waals surface area contributed by atoms with E-state index < -0.39 is 0 Å². The van der Waals surface area contributed by atoms with Crippen molar-refractivity contribution >= 4 is 5.91 Å². The maximum Gasteiger partial charge on any atom is 0.234 e. The first-order valence-corrected chi connectivity index (χ1v) is 6.38. The van der Waals surface area contributed by atoms with Gasteiger partial charge in [-0.25, -0.2) is 0 Å². The van der Waals surface area contributed by atoms with Gasteiger partial charge in [0.05, 0.1) is 6.54 Å². The van der Waals surface area contributed by atoms with Gasteiger partial charge in [-0.2, -0.15) is 0 Å². The zero-order valence-electron chi connectivity index (χ0n) is 11.1. The van der Waals surface area contributed by atoms with Crippen LogP contribution in [0.15, 0.2) is 0 Å². The van der Waals surface area contributed by atoms with Crippen molar-refractivity contribution in [2.24, 2.45) is 11.8 Å². The molecule has 0 aromatic rings. The zero-order chi connectivity index (χ0) is 12.2. The second-order valence-corrected chi connectivity index (χ2v) is 6.21. The second-order valence-electron chi connectivity index (χ2n) is 6.21. The summed E-state index contributed by atoms with van der Waals surface area (Å²) in [6.07, 6.45) is 3.98. The Balaban J connectivity index is 2.09. The number of carbonyl (C=O) groups excluding carboxylic acids is 1. The van der Waals surface area contributed by atoms with Gasteiger partial charge in [0.1, 0.15) is 0 Å². The standard InChI is InChI=1S/C13H26N2O/c1-10-5-6-11(7-10)8-14-9-12(16)15-13(2,3)4/h10-11,14H,5-9H2,1-4H3,(H,15,16). The highest BCUT2D eigenvalue weighted by Gasteiger charge is 2.21. The molecule has 1 saturated carbocycles. The molecule has 3 nitrogen and oxygen atoms in total. The fourth-order valence-corrected chi connectivity index (χ4v) is 2.36. The van der Waals surface area contributed by atoms with Crippen LogP contribution in [0, 0.1) is 11.8 Å². The van der Waals surface area contributed by atoms with Crippen molar-refractivity contribution < 1.29 is 4.79 Å². The van der Waals surface area contributed by atoms with Crippen LogP contribution in [-0.2, 0) is 4.79 Å². The molecule has 0 aromatic heterocycles. The molecule has 0 bridgehead atoms. The molecule has 2 N–H and O–H groups in total. The van der Waals surface area contributed by atoms with E-state index in [4.69, 9.17) is 0 Å². The van der Waals surface area contributed by atoms with E-state index >= 15 is 0 Å². The Kier molecular flexibility index (Phi) is 4.78. The average molecular weight is 226 g/mol. The SMILES string of the molecule is CC1CCC(CNCC(=O)NC(C)(C)C)C1. The summed E-state index contributed by atoms with van der Waals surface area (Å²) in [5.74, 6) is 1.74. The number of nitrogens with one attached hydrogen (secondary N) is 2. The number of amides is 1. The molecule has 1 amide bonds. The first kappa shape index (κ1) is 13.5. The van der Waals surface area contributed by atoms with Crippen molar-refractivity contribution in [3.63, 3.8) is 0 Å². The van der Waals surface area contributed by atoms with E-state index in [2.05, 4.69) is 17.6 Å². The summed E-state index contributed by atoms with van der Waals surface area (Å²) in [5.41, 5.74) is -0.124. The molecule has 1 rings (SSSR count). The Labute approximate surface area is 99.4 Å². The molecule has 94 valence electrons. The van der Waals surface area contributed by atoms with Crippen LogP contribution in [0.3, 0.4) is 0 Å². The van der Waals surface area contributed by atoms with Crippen molar-refractivity contribution in [1.82, 2.24) is 10.6 Å². The summed E-state index contributed by atoms with van der Waals surface area (Å²) < 4.78 is 0. The lowest BCUT2D eigenvalue weighted by Gasteiger charge is -2.21. The van der Waals surface area contributed by atoms with Crippen LogP contribution < -0.4 is 10.6 Å². The van der Waals surface area contributed by atoms with Crippen LogP contribution in [0.4, 0.5) is 0 Å². The third kappa shape index (κ3) is 5.50. The van der Waals surface area contributed by atoms with E-state index in [1.807, 2.05) is 20.8 Å². The Hall–Kier alpha value is -0.570. The molecule has 0 aromatic carbocycles. The molecule has 16 heavy (non-hydrogen) atoms.